The minimum atomic E-state index is 0.550. The summed E-state index contributed by atoms with van der Waals surface area (Å²) in [6.07, 6.45) is 2.02. The van der Waals surface area contributed by atoms with Crippen LogP contribution in [0.2, 0.25) is 0 Å². The van der Waals surface area contributed by atoms with Gasteiger partial charge in [-0.3, -0.25) is 0 Å². The fourth-order valence-corrected chi connectivity index (χ4v) is 3.56. The molecule has 3 aromatic rings. The molecular weight excluding hydrogens is 428 g/mol. The first kappa shape index (κ1) is 19.3. The van der Waals surface area contributed by atoms with E-state index in [9.17, 15) is 0 Å². The highest BCUT2D eigenvalue weighted by Gasteiger charge is 2.14. The van der Waals surface area contributed by atoms with Crippen molar-refractivity contribution < 1.29 is 4.74 Å². The van der Waals surface area contributed by atoms with Gasteiger partial charge in [0.15, 0.2) is 0 Å². The van der Waals surface area contributed by atoms with Crippen LogP contribution in [0.3, 0.4) is 0 Å². The van der Waals surface area contributed by atoms with Crippen molar-refractivity contribution in [2.24, 2.45) is 0 Å². The van der Waals surface area contributed by atoms with Crippen LogP contribution in [0.15, 0.2) is 89.3 Å². The Labute approximate surface area is 179 Å². The molecule has 6 heteroatoms. The molecule has 0 atom stereocenters. The molecular formula is C23H23BrN4O. The molecule has 148 valence electrons. The zero-order valence-corrected chi connectivity index (χ0v) is 17.6. The Hall–Kier alpha value is -2.99. The van der Waals surface area contributed by atoms with Crippen LogP contribution in [0.4, 0.5) is 5.69 Å². The second-order valence-corrected chi connectivity index (χ2v) is 7.62. The van der Waals surface area contributed by atoms with Gasteiger partial charge < -0.3 is 20.3 Å². The molecule has 2 aromatic carbocycles. The Bertz CT molecular complexity index is 977. The first-order chi connectivity index (χ1) is 14.3. The van der Waals surface area contributed by atoms with E-state index in [1.54, 1.807) is 0 Å². The molecule has 2 heterocycles. The molecule has 0 fully saturated rings. The quantitative estimate of drug-likeness (QED) is 0.497. The van der Waals surface area contributed by atoms with Crippen molar-refractivity contribution in [3.8, 4) is 5.75 Å². The van der Waals surface area contributed by atoms with Crippen molar-refractivity contribution in [3.05, 3.63) is 101 Å². The summed E-state index contributed by atoms with van der Waals surface area (Å²) < 4.78 is 6.87. The van der Waals surface area contributed by atoms with E-state index in [-0.39, 0.29) is 0 Å². The number of nitrogens with one attached hydrogen (secondary N) is 2. The monoisotopic (exact) mass is 450 g/mol. The number of aromatic nitrogens is 1. The predicted molar refractivity (Wildman–Crippen MR) is 119 cm³/mol. The molecule has 0 unspecified atom stereocenters. The number of anilines is 1. The largest absolute Gasteiger partial charge is 0.489 e. The lowest BCUT2D eigenvalue weighted by Gasteiger charge is -2.25. The Morgan fingerprint density at radius 2 is 1.83 bits per heavy atom. The summed E-state index contributed by atoms with van der Waals surface area (Å²) in [6.45, 7) is 2.76. The number of ether oxygens (including phenoxy) is 1. The fourth-order valence-electron chi connectivity index (χ4n) is 3.18. The number of rotatable bonds is 8. The lowest BCUT2D eigenvalue weighted by Crippen LogP contribution is -2.29. The van der Waals surface area contributed by atoms with Crippen molar-refractivity contribution >= 4 is 21.6 Å². The van der Waals surface area contributed by atoms with Crippen LogP contribution in [0, 0.1) is 0 Å². The third-order valence-electron chi connectivity index (χ3n) is 4.61. The van der Waals surface area contributed by atoms with Crippen molar-refractivity contribution in [3.63, 3.8) is 0 Å². The summed E-state index contributed by atoms with van der Waals surface area (Å²) in [5, 5.41) is 6.57. The first-order valence-corrected chi connectivity index (χ1v) is 10.3. The maximum Gasteiger partial charge on any atom is 0.121 e. The number of halogens is 1. The van der Waals surface area contributed by atoms with Gasteiger partial charge in [-0.25, -0.2) is 4.98 Å². The van der Waals surface area contributed by atoms with Crippen molar-refractivity contribution in [2.45, 2.75) is 13.2 Å². The zero-order chi connectivity index (χ0) is 19.9. The minimum Gasteiger partial charge on any atom is -0.489 e. The molecule has 2 N–H and O–H groups in total. The van der Waals surface area contributed by atoms with E-state index < -0.39 is 0 Å². The predicted octanol–water partition coefficient (Wildman–Crippen LogP) is 4.42. The molecule has 0 amide bonds. The Kier molecular flexibility index (Phi) is 6.32. The summed E-state index contributed by atoms with van der Waals surface area (Å²) in [4.78, 5) is 6.89. The Morgan fingerprint density at radius 3 is 2.62 bits per heavy atom. The molecule has 0 radical (unpaired) electrons. The molecule has 0 saturated carbocycles. The molecule has 29 heavy (non-hydrogen) atoms. The summed E-state index contributed by atoms with van der Waals surface area (Å²) >= 11 is 3.47. The van der Waals surface area contributed by atoms with E-state index >= 15 is 0 Å². The fraction of sp³-hybridized carbons (Fsp3) is 0.174. The third kappa shape index (κ3) is 5.51. The van der Waals surface area contributed by atoms with Gasteiger partial charge in [0.2, 0.25) is 0 Å². The molecule has 1 aromatic heterocycles. The van der Waals surface area contributed by atoms with Gasteiger partial charge in [-0.15, -0.1) is 0 Å². The van der Waals surface area contributed by atoms with E-state index in [0.29, 0.717) is 13.2 Å². The maximum absolute atomic E-state index is 6.03. The van der Waals surface area contributed by atoms with Gasteiger partial charge in [-0.05, 0) is 45.8 Å². The van der Waals surface area contributed by atoms with Crippen molar-refractivity contribution in [2.75, 3.05) is 18.1 Å². The van der Waals surface area contributed by atoms with E-state index in [4.69, 9.17) is 4.74 Å². The number of hydrogen-bond donors (Lipinski definition) is 2. The highest BCUT2D eigenvalue weighted by atomic mass is 79.9. The second-order valence-electron chi connectivity index (χ2n) is 6.81. The number of benzene rings is 2. The van der Waals surface area contributed by atoms with Gasteiger partial charge in [0.25, 0.3) is 0 Å². The number of nitrogens with zero attached hydrogens (tertiary/aromatic N) is 2. The molecule has 0 saturated heterocycles. The van der Waals surface area contributed by atoms with Crippen LogP contribution in [0.5, 0.6) is 5.75 Å². The van der Waals surface area contributed by atoms with Crippen LogP contribution in [0.1, 0.15) is 11.3 Å². The average Bonchev–Trinajstić information content (AvgIpc) is 3.26. The zero-order valence-electron chi connectivity index (χ0n) is 16.0. The molecule has 1 aliphatic heterocycles. The standard InChI is InChI=1S/C23H23BrN4O/c24-23-11-4-8-19(27-23)14-28(15-20-13-25-17-26-20)21-9-5-10-22(12-21)29-16-18-6-2-1-3-7-18/h1-13,25-26H,14-17H2. The topological polar surface area (TPSA) is 49.4 Å². The van der Waals surface area contributed by atoms with Gasteiger partial charge in [0.05, 0.1) is 25.5 Å². The van der Waals surface area contributed by atoms with Gasteiger partial charge in [-0.2, -0.15) is 0 Å². The van der Waals surface area contributed by atoms with E-state index in [1.807, 2.05) is 54.7 Å². The van der Waals surface area contributed by atoms with Gasteiger partial charge in [0.1, 0.15) is 17.0 Å². The van der Waals surface area contributed by atoms with Crippen molar-refractivity contribution in [1.29, 1.82) is 0 Å². The van der Waals surface area contributed by atoms with E-state index in [2.05, 4.69) is 60.7 Å². The molecule has 4 rings (SSSR count). The van der Waals surface area contributed by atoms with E-state index in [0.717, 1.165) is 46.2 Å². The highest BCUT2D eigenvalue weighted by Crippen LogP contribution is 2.24. The summed E-state index contributed by atoms with van der Waals surface area (Å²) in [6, 6.07) is 24.4. The lowest BCUT2D eigenvalue weighted by atomic mass is 10.2. The number of hydrogen-bond acceptors (Lipinski definition) is 5. The maximum atomic E-state index is 6.03. The summed E-state index contributed by atoms with van der Waals surface area (Å²) in [5.74, 6) is 0.852. The molecule has 0 spiro atoms. The van der Waals surface area contributed by atoms with Gasteiger partial charge in [-0.1, -0.05) is 42.5 Å². The van der Waals surface area contributed by atoms with Crippen LogP contribution in [-0.4, -0.2) is 18.2 Å². The summed E-state index contributed by atoms with van der Waals surface area (Å²) in [5.41, 5.74) is 4.39. The minimum absolute atomic E-state index is 0.550. The Balaban J connectivity index is 1.52. The Morgan fingerprint density at radius 1 is 0.966 bits per heavy atom. The number of pyridine rings is 1. The third-order valence-corrected chi connectivity index (χ3v) is 5.05. The second kappa shape index (κ2) is 9.47. The highest BCUT2D eigenvalue weighted by molar-refractivity contribution is 9.10. The van der Waals surface area contributed by atoms with Crippen molar-refractivity contribution in [1.82, 2.24) is 15.6 Å². The summed E-state index contributed by atoms with van der Waals surface area (Å²) in [7, 11) is 0. The average molecular weight is 451 g/mol. The molecule has 0 aliphatic carbocycles. The normalized spacial score (nSPS) is 12.7. The molecule has 1 aliphatic rings. The van der Waals surface area contributed by atoms with Gasteiger partial charge >= 0.3 is 0 Å². The lowest BCUT2D eigenvalue weighted by molar-refractivity contribution is 0.306. The first-order valence-electron chi connectivity index (χ1n) is 9.56. The smallest absolute Gasteiger partial charge is 0.121 e. The van der Waals surface area contributed by atoms with Crippen LogP contribution < -0.4 is 20.3 Å². The van der Waals surface area contributed by atoms with Crippen LogP contribution in [-0.2, 0) is 13.2 Å². The molecule has 0 bridgehead atoms. The van der Waals surface area contributed by atoms with E-state index in [1.165, 1.54) is 0 Å². The van der Waals surface area contributed by atoms with Crippen LogP contribution in [0.25, 0.3) is 0 Å². The van der Waals surface area contributed by atoms with Gasteiger partial charge in [0, 0.05) is 23.7 Å². The SMILES string of the molecule is Brc1cccc(CN(CC2=CNCN2)c2cccc(OCc3ccccc3)c2)n1. The molecule has 5 nitrogen and oxygen atoms in total. The van der Waals surface area contributed by atoms with Crippen LogP contribution >= 0.6 is 15.9 Å².